The summed E-state index contributed by atoms with van der Waals surface area (Å²) in [5, 5.41) is 18.8. The minimum absolute atomic E-state index is 0.255. The molecule has 0 spiro atoms. The summed E-state index contributed by atoms with van der Waals surface area (Å²) in [7, 11) is 0. The van der Waals surface area contributed by atoms with Crippen molar-refractivity contribution < 1.29 is 23.2 Å². The predicted octanol–water partition coefficient (Wildman–Crippen LogP) is 1.71. The number of nitro groups is 1. The Morgan fingerprint density at radius 3 is 2.50 bits per heavy atom. The molecule has 0 aliphatic heterocycles. The molecule has 8 heteroatoms. The van der Waals surface area contributed by atoms with Gasteiger partial charge in [-0.1, -0.05) is 0 Å². The normalized spacial score (nSPS) is 11.4. The molecule has 14 heavy (non-hydrogen) atoms. The largest absolute Gasteiger partial charge is 0.504 e. The van der Waals surface area contributed by atoms with Gasteiger partial charge in [-0.2, -0.15) is 13.2 Å². The highest BCUT2D eigenvalue weighted by Gasteiger charge is 2.39. The van der Waals surface area contributed by atoms with Gasteiger partial charge in [-0.25, -0.2) is 0 Å². The predicted molar refractivity (Wildman–Crippen MR) is 37.6 cm³/mol. The van der Waals surface area contributed by atoms with E-state index in [1.165, 1.54) is 0 Å². The summed E-state index contributed by atoms with van der Waals surface area (Å²) in [6.45, 7) is 0. The van der Waals surface area contributed by atoms with E-state index >= 15 is 0 Å². The van der Waals surface area contributed by atoms with Gasteiger partial charge in [0.25, 0.3) is 0 Å². The van der Waals surface area contributed by atoms with Gasteiger partial charge in [0.1, 0.15) is 0 Å². The van der Waals surface area contributed by atoms with Crippen molar-refractivity contribution in [2.24, 2.45) is 0 Å². The van der Waals surface area contributed by atoms with Crippen molar-refractivity contribution in [1.29, 1.82) is 0 Å². The monoisotopic (exact) mass is 208 g/mol. The third kappa shape index (κ3) is 1.90. The zero-order chi connectivity index (χ0) is 10.9. The molecule has 1 aromatic heterocycles. The highest BCUT2D eigenvalue weighted by Crippen LogP contribution is 2.36. The standard InChI is InChI=1S/C6H3F3N2O3/c7-6(8,9)4-1-3(12)2-10-5(4)11(13)14/h1-2,12H. The Bertz CT molecular complexity index is 377. The Balaban J connectivity index is 3.38. The summed E-state index contributed by atoms with van der Waals surface area (Å²) < 4.78 is 36.4. The lowest BCUT2D eigenvalue weighted by atomic mass is 10.2. The lowest BCUT2D eigenvalue weighted by Gasteiger charge is -2.05. The van der Waals surface area contributed by atoms with Gasteiger partial charge in [0.05, 0.1) is 0 Å². The van der Waals surface area contributed by atoms with Crippen LogP contribution in [-0.2, 0) is 6.18 Å². The van der Waals surface area contributed by atoms with Crippen LogP contribution in [0.5, 0.6) is 5.75 Å². The van der Waals surface area contributed by atoms with E-state index in [9.17, 15) is 23.3 Å². The summed E-state index contributed by atoms with van der Waals surface area (Å²) in [6, 6.07) is 0.255. The minimum atomic E-state index is -4.91. The molecule has 76 valence electrons. The SMILES string of the molecule is O=[N+]([O-])c1ncc(O)cc1C(F)(F)F. The van der Waals surface area contributed by atoms with Crippen LogP contribution in [0.3, 0.4) is 0 Å². The smallest absolute Gasteiger partial charge is 0.424 e. The number of aromatic hydroxyl groups is 1. The molecule has 0 unspecified atom stereocenters. The number of hydrogen-bond donors (Lipinski definition) is 1. The summed E-state index contributed by atoms with van der Waals surface area (Å²) in [6.07, 6.45) is -4.33. The van der Waals surface area contributed by atoms with Gasteiger partial charge in [-0.15, -0.1) is 0 Å². The van der Waals surface area contributed by atoms with Gasteiger partial charge in [0, 0.05) is 6.07 Å². The second kappa shape index (κ2) is 3.13. The lowest BCUT2D eigenvalue weighted by molar-refractivity contribution is -0.392. The number of pyridine rings is 1. The number of hydrogen-bond acceptors (Lipinski definition) is 4. The van der Waals surface area contributed by atoms with Crippen molar-refractivity contribution >= 4 is 5.82 Å². The maximum Gasteiger partial charge on any atom is 0.424 e. The first-order chi connectivity index (χ1) is 6.32. The first-order valence-electron chi connectivity index (χ1n) is 3.23. The van der Waals surface area contributed by atoms with Crippen molar-refractivity contribution in [2.75, 3.05) is 0 Å². The van der Waals surface area contributed by atoms with Gasteiger partial charge in [-0.3, -0.25) is 0 Å². The van der Waals surface area contributed by atoms with Crippen LogP contribution in [0.15, 0.2) is 12.3 Å². The Hall–Kier alpha value is -1.86. The highest BCUT2D eigenvalue weighted by atomic mass is 19.4. The third-order valence-corrected chi connectivity index (χ3v) is 1.33. The van der Waals surface area contributed by atoms with Crippen LogP contribution in [0.25, 0.3) is 0 Å². The van der Waals surface area contributed by atoms with Crippen LogP contribution in [0.4, 0.5) is 19.0 Å². The van der Waals surface area contributed by atoms with Crippen molar-refractivity contribution in [1.82, 2.24) is 4.98 Å². The number of halogens is 3. The lowest BCUT2D eigenvalue weighted by Crippen LogP contribution is -2.09. The van der Waals surface area contributed by atoms with E-state index in [4.69, 9.17) is 5.11 Å². The average molecular weight is 208 g/mol. The molecule has 1 N–H and O–H groups in total. The summed E-state index contributed by atoms with van der Waals surface area (Å²) in [5.41, 5.74) is -1.57. The van der Waals surface area contributed by atoms with E-state index < -0.39 is 28.2 Å². The second-order valence-electron chi connectivity index (χ2n) is 2.32. The molecule has 1 aromatic rings. The van der Waals surface area contributed by atoms with Gasteiger partial charge >= 0.3 is 12.0 Å². The molecule has 0 aliphatic rings. The van der Waals surface area contributed by atoms with Crippen LogP contribution in [0.2, 0.25) is 0 Å². The summed E-state index contributed by atoms with van der Waals surface area (Å²) >= 11 is 0. The van der Waals surface area contributed by atoms with Gasteiger partial charge < -0.3 is 15.2 Å². The van der Waals surface area contributed by atoms with Crippen LogP contribution >= 0.6 is 0 Å². The molecule has 1 heterocycles. The number of nitrogens with zero attached hydrogens (tertiary/aromatic N) is 2. The third-order valence-electron chi connectivity index (χ3n) is 1.33. The van der Waals surface area contributed by atoms with Crippen LogP contribution < -0.4 is 0 Å². The number of alkyl halides is 3. The Labute approximate surface area is 75.0 Å². The summed E-state index contributed by atoms with van der Waals surface area (Å²) in [5.74, 6) is -2.10. The molecule has 0 bridgehead atoms. The van der Waals surface area contributed by atoms with Crippen LogP contribution in [0, 0.1) is 10.1 Å². The fourth-order valence-electron chi connectivity index (χ4n) is 0.801. The van der Waals surface area contributed by atoms with Crippen LogP contribution in [0.1, 0.15) is 5.56 Å². The Morgan fingerprint density at radius 1 is 1.50 bits per heavy atom. The van der Waals surface area contributed by atoms with E-state index in [0.29, 0.717) is 6.20 Å². The molecule has 0 aromatic carbocycles. The maximum atomic E-state index is 12.1. The van der Waals surface area contributed by atoms with Gasteiger partial charge in [-0.05, 0) is 9.91 Å². The molecule has 0 saturated carbocycles. The molecule has 0 aliphatic carbocycles. The quantitative estimate of drug-likeness (QED) is 0.563. The van der Waals surface area contributed by atoms with Crippen molar-refractivity contribution in [3.63, 3.8) is 0 Å². The van der Waals surface area contributed by atoms with Crippen LogP contribution in [-0.4, -0.2) is 15.0 Å². The zero-order valence-electron chi connectivity index (χ0n) is 6.45. The zero-order valence-corrected chi connectivity index (χ0v) is 6.45. The molecular weight excluding hydrogens is 205 g/mol. The molecule has 0 amide bonds. The first-order valence-corrected chi connectivity index (χ1v) is 3.23. The van der Waals surface area contributed by atoms with E-state index in [1.54, 1.807) is 0 Å². The van der Waals surface area contributed by atoms with E-state index in [0.717, 1.165) is 0 Å². The maximum absolute atomic E-state index is 12.1. The van der Waals surface area contributed by atoms with Gasteiger partial charge in [0.15, 0.2) is 17.5 Å². The topological polar surface area (TPSA) is 76.3 Å². The number of aromatic nitrogens is 1. The van der Waals surface area contributed by atoms with E-state index in [-0.39, 0.29) is 6.07 Å². The molecule has 0 radical (unpaired) electrons. The molecule has 5 nitrogen and oxygen atoms in total. The number of rotatable bonds is 1. The molecule has 0 fully saturated rings. The molecule has 1 rings (SSSR count). The fourth-order valence-corrected chi connectivity index (χ4v) is 0.801. The highest BCUT2D eigenvalue weighted by molar-refractivity contribution is 5.39. The van der Waals surface area contributed by atoms with Crippen molar-refractivity contribution in [3.05, 3.63) is 27.9 Å². The van der Waals surface area contributed by atoms with E-state index in [2.05, 4.69) is 4.98 Å². The minimum Gasteiger partial charge on any atom is -0.504 e. The summed E-state index contributed by atoms with van der Waals surface area (Å²) in [4.78, 5) is 11.8. The Kier molecular flexibility index (Phi) is 2.28. The Morgan fingerprint density at radius 2 is 2.07 bits per heavy atom. The fraction of sp³-hybridized carbons (Fsp3) is 0.167. The van der Waals surface area contributed by atoms with Crippen molar-refractivity contribution in [3.8, 4) is 5.75 Å². The molecule has 0 atom stereocenters. The van der Waals surface area contributed by atoms with E-state index in [1.807, 2.05) is 0 Å². The van der Waals surface area contributed by atoms with Crippen molar-refractivity contribution in [2.45, 2.75) is 6.18 Å². The molecule has 0 saturated heterocycles. The van der Waals surface area contributed by atoms with Gasteiger partial charge in [0.2, 0.25) is 0 Å². The first kappa shape index (κ1) is 10.2. The average Bonchev–Trinajstić information content (AvgIpc) is 2.01. The molecular formula is C6H3F3N2O3. The second-order valence-corrected chi connectivity index (χ2v) is 2.32.